The van der Waals surface area contributed by atoms with Crippen LogP contribution in [0.15, 0.2) is 56.9 Å². The summed E-state index contributed by atoms with van der Waals surface area (Å²) >= 11 is 1.35. The monoisotopic (exact) mass is 502 g/mol. The van der Waals surface area contributed by atoms with Crippen LogP contribution in [-0.2, 0) is 5.75 Å². The summed E-state index contributed by atoms with van der Waals surface area (Å²) in [4.78, 5) is 8.42. The first-order chi connectivity index (χ1) is 16.4. The van der Waals surface area contributed by atoms with Crippen LogP contribution in [0.2, 0.25) is 0 Å². The third-order valence-corrected chi connectivity index (χ3v) is 4.40. The highest BCUT2D eigenvalue weighted by Crippen LogP contribution is 2.26. The summed E-state index contributed by atoms with van der Waals surface area (Å²) < 4.78 is 11.0. The molecule has 0 aliphatic heterocycles. The van der Waals surface area contributed by atoms with Crippen LogP contribution in [0.3, 0.4) is 0 Å². The van der Waals surface area contributed by atoms with Gasteiger partial charge in [0.2, 0.25) is 17.6 Å². The Morgan fingerprint density at radius 2 is 1.49 bits per heavy atom. The zero-order valence-corrected chi connectivity index (χ0v) is 21.9. The minimum atomic E-state index is 0. The molecule has 0 unspecified atom stereocenters. The maximum Gasteiger partial charge on any atom is 0.277 e. The average molecular weight is 503 g/mol. The van der Waals surface area contributed by atoms with Gasteiger partial charge in [0.15, 0.2) is 0 Å². The molecule has 0 fully saturated rings. The van der Waals surface area contributed by atoms with Gasteiger partial charge in [-0.2, -0.15) is 10.0 Å². The third-order valence-electron chi connectivity index (χ3n) is 3.60. The molecule has 4 aromatic rings. The predicted molar refractivity (Wildman–Crippen MR) is 141 cm³/mol. The Hall–Kier alpha value is -3.08. The predicted octanol–water partition coefficient (Wildman–Crippen LogP) is 6.72. The van der Waals surface area contributed by atoms with Gasteiger partial charge >= 0.3 is 0 Å². The summed E-state index contributed by atoms with van der Waals surface area (Å²) in [6, 6.07) is 9.81. The van der Waals surface area contributed by atoms with E-state index >= 15 is 0 Å². The molecule has 0 saturated carbocycles. The molecule has 1 aromatic carbocycles. The molecule has 10 heteroatoms. The van der Waals surface area contributed by atoms with E-state index in [9.17, 15) is 0 Å². The summed E-state index contributed by atoms with van der Waals surface area (Å²) in [5.41, 5.74) is 4.10. The van der Waals surface area contributed by atoms with Crippen LogP contribution in [0, 0.1) is 13.8 Å². The Bertz CT molecular complexity index is 1060. The van der Waals surface area contributed by atoms with Crippen molar-refractivity contribution in [3.8, 4) is 22.8 Å². The van der Waals surface area contributed by atoms with Gasteiger partial charge < -0.3 is 14.1 Å². The molecular weight excluding hydrogens is 464 g/mol. The lowest BCUT2D eigenvalue weighted by Crippen LogP contribution is -2.01. The Morgan fingerprint density at radius 3 is 2.06 bits per heavy atom. The summed E-state index contributed by atoms with van der Waals surface area (Å²) in [5.74, 6) is 2.00. The average Bonchev–Trinajstić information content (AvgIpc) is 3.50. The highest BCUT2D eigenvalue weighted by Gasteiger charge is 2.13. The molecule has 0 radical (unpaired) electrons. The number of hydrogen-bond donors (Lipinski definition) is 1. The van der Waals surface area contributed by atoms with Crippen LogP contribution in [0.5, 0.6) is 0 Å². The summed E-state index contributed by atoms with van der Waals surface area (Å²) in [6.07, 6.45) is 3.36. The van der Waals surface area contributed by atoms with Gasteiger partial charge in [-0.25, -0.2) is 0 Å². The fourth-order valence-corrected chi connectivity index (χ4v) is 3.14. The Kier molecular flexibility index (Phi) is 15.8. The first-order valence-electron chi connectivity index (χ1n) is 11.0. The van der Waals surface area contributed by atoms with Crippen LogP contribution in [0.1, 0.15) is 52.1 Å². The number of aryl methyl sites for hydroxylation is 2. The van der Waals surface area contributed by atoms with Crippen LogP contribution >= 0.6 is 11.8 Å². The quantitative estimate of drug-likeness (QED) is 0.233. The van der Waals surface area contributed by atoms with Gasteiger partial charge in [-0.1, -0.05) is 69.2 Å². The number of aromatic nitrogens is 5. The topological polar surface area (TPSA) is 114 Å². The van der Waals surface area contributed by atoms with E-state index in [1.54, 1.807) is 26.5 Å². The Balaban J connectivity index is 0.00000115. The number of pyridine rings is 1. The molecule has 4 rings (SSSR count). The molecule has 1 N–H and O–H groups in total. The molecule has 0 amide bonds. The number of thioether (sulfide) groups is 1. The minimum Gasteiger partial charge on any atom is -0.411 e. The maximum absolute atomic E-state index is 7.89. The Labute approximate surface area is 213 Å². The minimum absolute atomic E-state index is 0. The van der Waals surface area contributed by atoms with E-state index in [2.05, 4.69) is 31.4 Å². The van der Waals surface area contributed by atoms with Gasteiger partial charge in [0.25, 0.3) is 5.22 Å². The van der Waals surface area contributed by atoms with Gasteiger partial charge in [-0.3, -0.25) is 4.98 Å². The van der Waals surface area contributed by atoms with Crippen LogP contribution < -0.4 is 0 Å². The van der Waals surface area contributed by atoms with E-state index < -0.39 is 0 Å². The number of hydrogen-bond acceptors (Lipinski definition) is 10. The van der Waals surface area contributed by atoms with Crippen LogP contribution in [-0.4, -0.2) is 49.7 Å². The fourth-order valence-electron chi connectivity index (χ4n) is 2.54. The number of rotatable bonds is 5. The number of benzene rings is 1. The molecule has 0 saturated heterocycles. The molecule has 0 bridgehead atoms. The van der Waals surface area contributed by atoms with Crippen molar-refractivity contribution in [1.82, 2.24) is 30.4 Å². The van der Waals surface area contributed by atoms with Crippen molar-refractivity contribution >= 4 is 11.8 Å². The van der Waals surface area contributed by atoms with Gasteiger partial charge in [-0.15, -0.1) is 10.2 Å². The lowest BCUT2D eigenvalue weighted by molar-refractivity contribution is -0.0372. The molecule has 0 atom stereocenters. The standard InChI is InChI=1S/C18H15N5O2S.C2H7NO.2C2H6.CH4/c1-11-7-12(2)9-14(8-11)16-20-15(25-23-16)10-26-18-22-21-17(24-18)13-3-5-19-6-4-13;1-3(2)4;2*1-2;/h3-9H,10H2,1-2H3;4H,1-2H3;2*1-2H3;1H4. The van der Waals surface area contributed by atoms with Crippen molar-refractivity contribution in [2.75, 3.05) is 14.1 Å². The summed E-state index contributed by atoms with van der Waals surface area (Å²) in [7, 11) is 3.11. The van der Waals surface area contributed by atoms with Crippen LogP contribution in [0.25, 0.3) is 22.8 Å². The maximum atomic E-state index is 7.89. The largest absolute Gasteiger partial charge is 0.411 e. The zero-order chi connectivity index (χ0) is 25.5. The van der Waals surface area contributed by atoms with Gasteiger partial charge in [0.05, 0.1) is 5.75 Å². The summed E-state index contributed by atoms with van der Waals surface area (Å²) in [5, 5.41) is 21.5. The molecule has 192 valence electrons. The lowest BCUT2D eigenvalue weighted by atomic mass is 10.1. The second kappa shape index (κ2) is 17.4. The smallest absolute Gasteiger partial charge is 0.277 e. The van der Waals surface area contributed by atoms with Crippen LogP contribution in [0.4, 0.5) is 0 Å². The second-order valence-corrected chi connectivity index (χ2v) is 7.56. The van der Waals surface area contributed by atoms with Crippen molar-refractivity contribution in [1.29, 1.82) is 0 Å². The fraction of sp³-hybridized carbons (Fsp3) is 0.400. The highest BCUT2D eigenvalue weighted by molar-refractivity contribution is 7.98. The molecule has 0 spiro atoms. The van der Waals surface area contributed by atoms with E-state index in [0.717, 1.165) is 27.3 Å². The molecule has 0 aliphatic rings. The van der Waals surface area contributed by atoms with E-state index in [4.69, 9.17) is 14.1 Å². The molecule has 3 aromatic heterocycles. The van der Waals surface area contributed by atoms with Gasteiger partial charge in [0, 0.05) is 37.6 Å². The normalized spacial score (nSPS) is 9.54. The summed E-state index contributed by atoms with van der Waals surface area (Å²) in [6.45, 7) is 12.1. The van der Waals surface area contributed by atoms with Gasteiger partial charge in [-0.05, 0) is 38.1 Å². The third kappa shape index (κ3) is 11.3. The van der Waals surface area contributed by atoms with Crippen molar-refractivity contribution in [3.63, 3.8) is 0 Å². The number of hydroxylamine groups is 2. The van der Waals surface area contributed by atoms with Gasteiger partial charge in [0.1, 0.15) is 0 Å². The number of nitrogens with zero attached hydrogens (tertiary/aromatic N) is 6. The highest BCUT2D eigenvalue weighted by atomic mass is 32.2. The molecule has 35 heavy (non-hydrogen) atoms. The zero-order valence-electron chi connectivity index (χ0n) is 21.1. The SMILES string of the molecule is C.CC.CC.CN(C)O.Cc1cc(C)cc(-c2noc(CSc3nnc(-c4ccncc4)o3)n2)c1. The van der Waals surface area contributed by atoms with E-state index in [1.807, 2.05) is 65.8 Å². The van der Waals surface area contributed by atoms with E-state index in [-0.39, 0.29) is 7.43 Å². The van der Waals surface area contributed by atoms with Crippen molar-refractivity contribution < 1.29 is 14.1 Å². The molecule has 9 nitrogen and oxygen atoms in total. The lowest BCUT2D eigenvalue weighted by Gasteiger charge is -1.99. The van der Waals surface area contributed by atoms with E-state index in [0.29, 0.717) is 28.6 Å². The van der Waals surface area contributed by atoms with Crippen molar-refractivity contribution in [2.45, 2.75) is 59.9 Å². The van der Waals surface area contributed by atoms with Crippen molar-refractivity contribution in [3.05, 3.63) is 59.7 Å². The first kappa shape index (κ1) is 31.9. The Morgan fingerprint density at radius 1 is 0.914 bits per heavy atom. The van der Waals surface area contributed by atoms with Crippen molar-refractivity contribution in [2.24, 2.45) is 0 Å². The first-order valence-corrected chi connectivity index (χ1v) is 12.0. The molecule has 0 aliphatic carbocycles. The molecular formula is C25H38N6O3S. The molecule has 3 heterocycles. The second-order valence-electron chi connectivity index (χ2n) is 6.63. The van der Waals surface area contributed by atoms with E-state index in [1.165, 1.54) is 11.8 Å².